The fraction of sp³-hybridized carbons (Fsp3) is 0.214. The van der Waals surface area contributed by atoms with Gasteiger partial charge in [0.15, 0.2) is 5.65 Å². The van der Waals surface area contributed by atoms with Crippen LogP contribution in [0, 0.1) is 0 Å². The summed E-state index contributed by atoms with van der Waals surface area (Å²) in [6.45, 7) is 1.91. The van der Waals surface area contributed by atoms with Crippen LogP contribution >= 0.6 is 46.6 Å². The average molecular weight is 390 g/mol. The minimum Gasteiger partial charge on any atom is -0.310 e. The molecule has 0 unspecified atom stereocenters. The van der Waals surface area contributed by atoms with Gasteiger partial charge < -0.3 is 4.98 Å². The SMILES string of the molecule is CCc1nc2c(c(SC)nn2-c2c(Cl)cc(Cl)cc2Cl)c(=O)[nH]1. The third-order valence-electron chi connectivity index (χ3n) is 3.28. The van der Waals surface area contributed by atoms with Gasteiger partial charge in [-0.3, -0.25) is 4.79 Å². The molecule has 5 nitrogen and oxygen atoms in total. The van der Waals surface area contributed by atoms with E-state index in [1.807, 2.05) is 13.2 Å². The van der Waals surface area contributed by atoms with Gasteiger partial charge in [-0.15, -0.1) is 11.8 Å². The number of benzene rings is 1. The summed E-state index contributed by atoms with van der Waals surface area (Å²) in [5.74, 6) is 0.567. The molecule has 3 rings (SSSR count). The maximum atomic E-state index is 12.4. The van der Waals surface area contributed by atoms with Crippen LogP contribution in [0.4, 0.5) is 0 Å². The van der Waals surface area contributed by atoms with Gasteiger partial charge in [-0.1, -0.05) is 41.7 Å². The number of nitrogens with one attached hydrogen (secondary N) is 1. The van der Waals surface area contributed by atoms with Gasteiger partial charge in [-0.05, 0) is 18.4 Å². The van der Waals surface area contributed by atoms with E-state index in [4.69, 9.17) is 34.8 Å². The first-order valence-corrected chi connectivity index (χ1v) is 9.03. The zero-order valence-corrected chi connectivity index (χ0v) is 15.2. The van der Waals surface area contributed by atoms with E-state index in [2.05, 4.69) is 15.1 Å². The van der Waals surface area contributed by atoms with Crippen molar-refractivity contribution in [1.29, 1.82) is 0 Å². The summed E-state index contributed by atoms with van der Waals surface area (Å²) in [5.41, 5.74) is 0.632. The number of aromatic amines is 1. The monoisotopic (exact) mass is 388 g/mol. The summed E-state index contributed by atoms with van der Waals surface area (Å²) in [5, 5.41) is 6.51. The van der Waals surface area contributed by atoms with Crippen molar-refractivity contribution in [2.24, 2.45) is 0 Å². The molecule has 3 aromatic rings. The van der Waals surface area contributed by atoms with Crippen molar-refractivity contribution in [3.63, 3.8) is 0 Å². The Morgan fingerprint density at radius 2 is 1.91 bits per heavy atom. The predicted octanol–water partition coefficient (Wildman–Crippen LogP) is 4.35. The molecule has 0 spiro atoms. The first kappa shape index (κ1) is 16.6. The van der Waals surface area contributed by atoms with Gasteiger partial charge in [0.2, 0.25) is 0 Å². The van der Waals surface area contributed by atoms with Crippen LogP contribution in [-0.2, 0) is 6.42 Å². The molecule has 0 bridgehead atoms. The number of hydrogen-bond donors (Lipinski definition) is 1. The van der Waals surface area contributed by atoms with Crippen LogP contribution in [0.2, 0.25) is 15.1 Å². The maximum Gasteiger partial charge on any atom is 0.263 e. The molecule has 0 aliphatic rings. The van der Waals surface area contributed by atoms with E-state index in [1.54, 1.807) is 12.1 Å². The number of H-pyrrole nitrogens is 1. The van der Waals surface area contributed by atoms with Crippen molar-refractivity contribution in [3.05, 3.63) is 43.4 Å². The minimum atomic E-state index is -0.233. The highest BCUT2D eigenvalue weighted by atomic mass is 35.5. The number of nitrogens with zero attached hydrogens (tertiary/aromatic N) is 3. The molecule has 0 saturated heterocycles. The second-order valence-corrected chi connectivity index (χ2v) is 6.75. The van der Waals surface area contributed by atoms with Gasteiger partial charge >= 0.3 is 0 Å². The zero-order chi connectivity index (χ0) is 16.7. The molecule has 2 aromatic heterocycles. The molecule has 9 heteroatoms. The summed E-state index contributed by atoms with van der Waals surface area (Å²) < 4.78 is 1.50. The van der Waals surface area contributed by atoms with Gasteiger partial charge in [-0.25, -0.2) is 9.67 Å². The fourth-order valence-electron chi connectivity index (χ4n) is 2.24. The Morgan fingerprint density at radius 3 is 2.48 bits per heavy atom. The van der Waals surface area contributed by atoms with E-state index in [9.17, 15) is 4.79 Å². The lowest BCUT2D eigenvalue weighted by molar-refractivity contribution is 0.844. The number of hydrogen-bond acceptors (Lipinski definition) is 4. The number of thioether (sulfide) groups is 1. The van der Waals surface area contributed by atoms with Crippen molar-refractivity contribution in [2.45, 2.75) is 18.4 Å². The fourth-order valence-corrected chi connectivity index (χ4v) is 3.77. The van der Waals surface area contributed by atoms with Crippen LogP contribution in [0.1, 0.15) is 12.7 Å². The minimum absolute atomic E-state index is 0.233. The smallest absolute Gasteiger partial charge is 0.263 e. The quantitative estimate of drug-likeness (QED) is 0.676. The van der Waals surface area contributed by atoms with Gasteiger partial charge in [-0.2, -0.15) is 5.10 Å². The molecule has 0 radical (unpaired) electrons. The van der Waals surface area contributed by atoms with Crippen LogP contribution in [0.3, 0.4) is 0 Å². The van der Waals surface area contributed by atoms with Gasteiger partial charge in [0.25, 0.3) is 5.56 Å². The third-order valence-corrected chi connectivity index (χ3v) is 4.74. The van der Waals surface area contributed by atoms with Crippen LogP contribution in [-0.4, -0.2) is 26.0 Å². The molecule has 0 saturated carbocycles. The number of aryl methyl sites for hydroxylation is 1. The zero-order valence-electron chi connectivity index (χ0n) is 12.2. The Kier molecular flexibility index (Phi) is 4.60. The van der Waals surface area contributed by atoms with Crippen LogP contribution < -0.4 is 5.56 Å². The maximum absolute atomic E-state index is 12.4. The molecule has 0 fully saturated rings. The summed E-state index contributed by atoms with van der Waals surface area (Å²) in [6.07, 6.45) is 2.43. The molecule has 1 N–H and O–H groups in total. The van der Waals surface area contributed by atoms with Crippen LogP contribution in [0.5, 0.6) is 0 Å². The van der Waals surface area contributed by atoms with E-state index in [0.29, 0.717) is 49.1 Å². The van der Waals surface area contributed by atoms with Crippen molar-refractivity contribution < 1.29 is 0 Å². The Labute approximate surface area is 151 Å². The summed E-state index contributed by atoms with van der Waals surface area (Å²) >= 11 is 19.9. The van der Waals surface area contributed by atoms with Gasteiger partial charge in [0.1, 0.15) is 21.9 Å². The summed E-state index contributed by atoms with van der Waals surface area (Å²) in [4.78, 5) is 19.6. The summed E-state index contributed by atoms with van der Waals surface area (Å²) in [7, 11) is 0. The number of halogens is 3. The first-order chi connectivity index (χ1) is 11.0. The van der Waals surface area contributed by atoms with Gasteiger partial charge in [0.05, 0.1) is 10.0 Å². The van der Waals surface area contributed by atoms with E-state index in [1.165, 1.54) is 16.4 Å². The highest BCUT2D eigenvalue weighted by molar-refractivity contribution is 7.98. The molecular formula is C14H11Cl3N4OS. The molecule has 0 amide bonds. The Morgan fingerprint density at radius 1 is 1.26 bits per heavy atom. The lowest BCUT2D eigenvalue weighted by Crippen LogP contribution is -2.12. The van der Waals surface area contributed by atoms with E-state index < -0.39 is 0 Å². The Balaban J connectivity index is 2.43. The highest BCUT2D eigenvalue weighted by Crippen LogP contribution is 2.34. The number of aromatic nitrogens is 4. The molecular weight excluding hydrogens is 379 g/mol. The number of fused-ring (bicyclic) bond motifs is 1. The average Bonchev–Trinajstić information content (AvgIpc) is 2.85. The molecule has 0 aliphatic heterocycles. The van der Waals surface area contributed by atoms with Crippen molar-refractivity contribution in [1.82, 2.24) is 19.7 Å². The summed E-state index contributed by atoms with van der Waals surface area (Å²) in [6, 6.07) is 3.15. The Bertz CT molecular complexity index is 944. The largest absolute Gasteiger partial charge is 0.310 e. The molecule has 23 heavy (non-hydrogen) atoms. The lowest BCUT2D eigenvalue weighted by Gasteiger charge is -2.08. The van der Waals surface area contributed by atoms with E-state index in [0.717, 1.165) is 0 Å². The van der Waals surface area contributed by atoms with Crippen molar-refractivity contribution >= 4 is 57.6 Å². The molecule has 0 atom stereocenters. The molecule has 2 heterocycles. The van der Waals surface area contributed by atoms with Gasteiger partial charge in [0, 0.05) is 11.4 Å². The van der Waals surface area contributed by atoms with E-state index in [-0.39, 0.29) is 5.56 Å². The molecule has 120 valence electrons. The number of rotatable bonds is 3. The molecule has 0 aliphatic carbocycles. The normalized spacial score (nSPS) is 11.3. The standard InChI is InChI=1S/C14H11Cl3N4OS/c1-3-9-18-12-10(13(22)19-9)14(23-2)20-21(12)11-7(16)4-6(15)5-8(11)17/h4-5H,3H2,1-2H3,(H,18,19,22). The second kappa shape index (κ2) is 6.36. The van der Waals surface area contributed by atoms with Crippen molar-refractivity contribution in [3.8, 4) is 5.69 Å². The second-order valence-electron chi connectivity index (χ2n) is 4.70. The lowest BCUT2D eigenvalue weighted by atomic mass is 10.3. The topological polar surface area (TPSA) is 63.6 Å². The van der Waals surface area contributed by atoms with E-state index >= 15 is 0 Å². The molecule has 1 aromatic carbocycles. The predicted molar refractivity (Wildman–Crippen MR) is 95.7 cm³/mol. The highest BCUT2D eigenvalue weighted by Gasteiger charge is 2.20. The van der Waals surface area contributed by atoms with Crippen LogP contribution in [0.15, 0.2) is 22.0 Å². The Hall–Kier alpha value is -1.21. The third kappa shape index (κ3) is 2.85. The van der Waals surface area contributed by atoms with Crippen LogP contribution in [0.25, 0.3) is 16.7 Å². The first-order valence-electron chi connectivity index (χ1n) is 6.67. The van der Waals surface area contributed by atoms with Crippen molar-refractivity contribution in [2.75, 3.05) is 6.26 Å².